The highest BCUT2D eigenvalue weighted by Crippen LogP contribution is 2.39. The molecular formula is C31H27Cl3O8. The second kappa shape index (κ2) is 14.1. The molecule has 0 amide bonds. The fraction of sp³-hybridized carbons (Fsp3) is 0.258. The number of ether oxygens (including phenoxy) is 5. The Hall–Kier alpha value is -3.56. The number of alkyl halides is 3. The van der Waals surface area contributed by atoms with Crippen LogP contribution in [0.3, 0.4) is 0 Å². The van der Waals surface area contributed by atoms with Crippen LogP contribution in [0.1, 0.15) is 38.0 Å². The zero-order chi connectivity index (χ0) is 30.3. The highest BCUT2D eigenvalue weighted by molar-refractivity contribution is 6.69. The van der Waals surface area contributed by atoms with Gasteiger partial charge in [-0.1, -0.05) is 103 Å². The average molecular weight is 634 g/mol. The topological polar surface area (TPSA) is 97.4 Å². The van der Waals surface area contributed by atoms with E-state index < -0.39 is 58.8 Å². The SMILES string of the molecule is C=C(OC1OC(COC(=O)c2ccccc2)C(OC(=O)c2ccccc2)C(OC(=O)c2ccccc2)C1C)C(Cl)(Cl)Cl. The lowest BCUT2D eigenvalue weighted by atomic mass is 9.91. The van der Waals surface area contributed by atoms with Gasteiger partial charge in [-0.3, -0.25) is 0 Å². The number of esters is 3. The number of carbonyl (C=O) groups excluding carboxylic acids is 3. The molecule has 42 heavy (non-hydrogen) atoms. The third-order valence-electron chi connectivity index (χ3n) is 6.41. The Labute approximate surface area is 258 Å². The van der Waals surface area contributed by atoms with E-state index >= 15 is 0 Å². The van der Waals surface area contributed by atoms with E-state index in [-0.39, 0.29) is 16.9 Å². The van der Waals surface area contributed by atoms with Gasteiger partial charge in [0.25, 0.3) is 0 Å². The summed E-state index contributed by atoms with van der Waals surface area (Å²) in [5.74, 6) is -3.07. The average Bonchev–Trinajstić information content (AvgIpc) is 3.00. The molecule has 0 saturated carbocycles. The number of hydrogen-bond donors (Lipinski definition) is 0. The summed E-state index contributed by atoms with van der Waals surface area (Å²) in [7, 11) is 0. The zero-order valence-corrected chi connectivity index (χ0v) is 24.6. The van der Waals surface area contributed by atoms with Gasteiger partial charge < -0.3 is 23.7 Å². The van der Waals surface area contributed by atoms with Gasteiger partial charge >= 0.3 is 17.9 Å². The van der Waals surface area contributed by atoms with E-state index in [1.165, 1.54) is 0 Å². The van der Waals surface area contributed by atoms with Crippen LogP contribution in [-0.2, 0) is 23.7 Å². The Morgan fingerprint density at radius 3 is 1.60 bits per heavy atom. The van der Waals surface area contributed by atoms with E-state index in [2.05, 4.69) is 6.58 Å². The molecule has 0 bridgehead atoms. The van der Waals surface area contributed by atoms with Crippen LogP contribution < -0.4 is 0 Å². The summed E-state index contributed by atoms with van der Waals surface area (Å²) in [4.78, 5) is 39.2. The van der Waals surface area contributed by atoms with Crippen molar-refractivity contribution in [2.45, 2.75) is 35.3 Å². The Morgan fingerprint density at radius 1 is 0.714 bits per heavy atom. The third-order valence-corrected chi connectivity index (χ3v) is 7.05. The Morgan fingerprint density at radius 2 is 1.14 bits per heavy atom. The maximum Gasteiger partial charge on any atom is 0.338 e. The lowest BCUT2D eigenvalue weighted by Crippen LogP contribution is -2.58. The van der Waals surface area contributed by atoms with Crippen LogP contribution in [-0.4, -0.2) is 52.9 Å². The van der Waals surface area contributed by atoms with Gasteiger partial charge in [-0.25, -0.2) is 14.4 Å². The molecule has 0 radical (unpaired) electrons. The monoisotopic (exact) mass is 632 g/mol. The molecule has 1 heterocycles. The van der Waals surface area contributed by atoms with Crippen LogP contribution in [0.25, 0.3) is 0 Å². The van der Waals surface area contributed by atoms with Crippen LogP contribution in [0.5, 0.6) is 0 Å². The first-order chi connectivity index (χ1) is 20.0. The number of halogens is 3. The maximum atomic E-state index is 13.2. The molecule has 3 aromatic carbocycles. The van der Waals surface area contributed by atoms with E-state index in [1.807, 2.05) is 0 Å². The summed E-state index contributed by atoms with van der Waals surface area (Å²) < 4.78 is 27.2. The predicted molar refractivity (Wildman–Crippen MR) is 156 cm³/mol. The fourth-order valence-corrected chi connectivity index (χ4v) is 4.31. The predicted octanol–water partition coefficient (Wildman–Crippen LogP) is 6.56. The van der Waals surface area contributed by atoms with E-state index in [9.17, 15) is 14.4 Å². The largest absolute Gasteiger partial charge is 0.465 e. The van der Waals surface area contributed by atoms with Crippen LogP contribution in [0.2, 0.25) is 0 Å². The molecule has 8 nitrogen and oxygen atoms in total. The normalized spacial score (nSPS) is 22.0. The number of benzene rings is 3. The summed E-state index contributed by atoms with van der Waals surface area (Å²) in [6.45, 7) is 4.91. The zero-order valence-electron chi connectivity index (χ0n) is 22.4. The van der Waals surface area contributed by atoms with Gasteiger partial charge in [0.1, 0.15) is 18.5 Å². The summed E-state index contributed by atoms with van der Waals surface area (Å²) in [5.41, 5.74) is 0.810. The molecule has 0 N–H and O–H groups in total. The molecule has 1 aliphatic rings. The molecule has 3 aromatic rings. The van der Waals surface area contributed by atoms with Gasteiger partial charge in [0.05, 0.1) is 22.6 Å². The van der Waals surface area contributed by atoms with Crippen molar-refractivity contribution < 1.29 is 38.1 Å². The summed E-state index contributed by atoms with van der Waals surface area (Å²) in [5, 5.41) is 0. The second-order valence-corrected chi connectivity index (χ2v) is 11.7. The number of rotatable bonds is 9. The maximum absolute atomic E-state index is 13.2. The standard InChI is InChI=1S/C31H27Cl3O8/c1-19-25(41-28(36)22-14-8-4-9-15-22)26(42-29(37)23-16-10-5-11-17-23)24(40-30(19)39-20(2)31(32,33)34)18-38-27(35)21-12-6-3-7-13-21/h3-17,19,24-26,30H,2,18H2,1H3. The number of hydrogen-bond acceptors (Lipinski definition) is 8. The quantitative estimate of drug-likeness (QED) is 0.113. The van der Waals surface area contributed by atoms with Crippen molar-refractivity contribution >= 4 is 52.7 Å². The Kier molecular flexibility index (Phi) is 10.5. The van der Waals surface area contributed by atoms with E-state index in [0.717, 1.165) is 0 Å². The van der Waals surface area contributed by atoms with Gasteiger partial charge in [0, 0.05) is 0 Å². The third kappa shape index (κ3) is 8.04. The number of allylic oxidation sites excluding steroid dienone is 1. The molecule has 5 atom stereocenters. The molecule has 11 heteroatoms. The van der Waals surface area contributed by atoms with Crippen LogP contribution >= 0.6 is 34.8 Å². The van der Waals surface area contributed by atoms with Crippen molar-refractivity contribution in [1.82, 2.24) is 0 Å². The first kappa shape index (κ1) is 31.4. The van der Waals surface area contributed by atoms with Crippen molar-refractivity contribution in [3.63, 3.8) is 0 Å². The van der Waals surface area contributed by atoms with Gasteiger partial charge in [-0.05, 0) is 36.4 Å². The van der Waals surface area contributed by atoms with Gasteiger partial charge in [-0.15, -0.1) is 0 Å². The van der Waals surface area contributed by atoms with Crippen molar-refractivity contribution in [1.29, 1.82) is 0 Å². The molecule has 5 unspecified atom stereocenters. The van der Waals surface area contributed by atoms with Crippen molar-refractivity contribution in [2.75, 3.05) is 6.61 Å². The molecule has 1 aliphatic heterocycles. The number of carbonyl (C=O) groups is 3. The second-order valence-electron chi connectivity index (χ2n) is 9.38. The van der Waals surface area contributed by atoms with Gasteiger partial charge in [0.15, 0.2) is 12.2 Å². The first-order valence-electron chi connectivity index (χ1n) is 12.9. The lowest BCUT2D eigenvalue weighted by Gasteiger charge is -2.44. The summed E-state index contributed by atoms with van der Waals surface area (Å²) in [6, 6.07) is 24.8. The molecule has 0 aliphatic carbocycles. The molecular weight excluding hydrogens is 607 g/mol. The highest BCUT2D eigenvalue weighted by Gasteiger charge is 2.51. The summed E-state index contributed by atoms with van der Waals surface area (Å²) >= 11 is 17.9. The molecule has 0 aromatic heterocycles. The van der Waals surface area contributed by atoms with Crippen molar-refractivity contribution in [3.05, 3.63) is 120 Å². The molecule has 4 rings (SSSR count). The fourth-order valence-electron chi connectivity index (χ4n) is 4.18. The molecule has 1 fully saturated rings. The highest BCUT2D eigenvalue weighted by atomic mass is 35.6. The minimum atomic E-state index is -1.99. The van der Waals surface area contributed by atoms with Crippen LogP contribution in [0.4, 0.5) is 0 Å². The Bertz CT molecular complexity index is 1380. The lowest BCUT2D eigenvalue weighted by molar-refractivity contribution is -0.270. The molecule has 0 spiro atoms. The Balaban J connectivity index is 1.67. The minimum absolute atomic E-state index is 0.251. The molecule has 220 valence electrons. The summed E-state index contributed by atoms with van der Waals surface area (Å²) in [6.07, 6.45) is -4.74. The van der Waals surface area contributed by atoms with Gasteiger partial charge in [-0.2, -0.15) is 0 Å². The van der Waals surface area contributed by atoms with E-state index in [1.54, 1.807) is 97.9 Å². The van der Waals surface area contributed by atoms with E-state index in [4.69, 9.17) is 58.5 Å². The minimum Gasteiger partial charge on any atom is -0.465 e. The van der Waals surface area contributed by atoms with Gasteiger partial charge in [0.2, 0.25) is 10.1 Å². The van der Waals surface area contributed by atoms with E-state index in [0.29, 0.717) is 5.56 Å². The first-order valence-corrected chi connectivity index (χ1v) is 14.0. The smallest absolute Gasteiger partial charge is 0.338 e. The molecule has 1 saturated heterocycles. The van der Waals surface area contributed by atoms with Crippen LogP contribution in [0.15, 0.2) is 103 Å². The van der Waals surface area contributed by atoms with Crippen molar-refractivity contribution in [2.24, 2.45) is 5.92 Å². The van der Waals surface area contributed by atoms with Crippen LogP contribution in [0, 0.1) is 5.92 Å². The van der Waals surface area contributed by atoms with Crippen molar-refractivity contribution in [3.8, 4) is 0 Å².